The maximum atomic E-state index is 5.74. The van der Waals surface area contributed by atoms with Gasteiger partial charge < -0.3 is 10.1 Å². The number of thiazole rings is 1. The number of hydrogen-bond acceptors (Lipinski definition) is 4. The van der Waals surface area contributed by atoms with Gasteiger partial charge in [0.1, 0.15) is 5.75 Å². The Morgan fingerprint density at radius 2 is 2.16 bits per heavy atom. The number of para-hydroxylation sites is 1. The highest BCUT2D eigenvalue weighted by molar-refractivity contribution is 7.09. The summed E-state index contributed by atoms with van der Waals surface area (Å²) in [7, 11) is 0. The van der Waals surface area contributed by atoms with Gasteiger partial charge in [-0.2, -0.15) is 0 Å². The molecule has 1 aromatic carbocycles. The average molecular weight is 276 g/mol. The van der Waals surface area contributed by atoms with E-state index in [-0.39, 0.29) is 0 Å². The lowest BCUT2D eigenvalue weighted by Gasteiger charge is -2.17. The highest BCUT2D eigenvalue weighted by Gasteiger charge is 2.10. The molecule has 1 aromatic heterocycles. The minimum atomic E-state index is 0.430. The average Bonchev–Trinajstić information content (AvgIpc) is 2.93. The van der Waals surface area contributed by atoms with Gasteiger partial charge in [0, 0.05) is 24.0 Å². The number of rotatable bonds is 8. The van der Waals surface area contributed by atoms with Crippen molar-refractivity contribution in [2.45, 2.75) is 25.8 Å². The van der Waals surface area contributed by atoms with E-state index in [1.807, 2.05) is 41.9 Å². The van der Waals surface area contributed by atoms with Crippen LogP contribution < -0.4 is 10.1 Å². The Morgan fingerprint density at radius 1 is 1.32 bits per heavy atom. The van der Waals surface area contributed by atoms with Crippen molar-refractivity contribution in [3.63, 3.8) is 0 Å². The van der Waals surface area contributed by atoms with Crippen LogP contribution in [-0.2, 0) is 6.42 Å². The molecule has 0 aliphatic rings. The second-order valence-electron chi connectivity index (χ2n) is 4.33. The number of benzene rings is 1. The van der Waals surface area contributed by atoms with Crippen molar-refractivity contribution in [1.82, 2.24) is 10.3 Å². The molecule has 0 saturated carbocycles. The second-order valence-corrected chi connectivity index (χ2v) is 5.31. The minimum absolute atomic E-state index is 0.430. The number of nitrogens with one attached hydrogen (secondary N) is 1. The maximum Gasteiger partial charge on any atom is 0.119 e. The number of ether oxygens (including phenoxy) is 1. The Balaban J connectivity index is 1.77. The van der Waals surface area contributed by atoms with Crippen LogP contribution in [-0.4, -0.2) is 24.2 Å². The molecule has 0 bridgehead atoms. The second kappa shape index (κ2) is 7.92. The van der Waals surface area contributed by atoms with Crippen LogP contribution >= 0.6 is 11.3 Å². The molecule has 0 saturated heterocycles. The molecule has 0 radical (unpaired) electrons. The fourth-order valence-corrected chi connectivity index (χ4v) is 2.66. The molecular weight excluding hydrogens is 256 g/mol. The van der Waals surface area contributed by atoms with Gasteiger partial charge >= 0.3 is 0 Å². The van der Waals surface area contributed by atoms with Crippen molar-refractivity contribution in [3.05, 3.63) is 46.9 Å². The van der Waals surface area contributed by atoms with Gasteiger partial charge in [0.25, 0.3) is 0 Å². The highest BCUT2D eigenvalue weighted by atomic mass is 32.1. The lowest BCUT2D eigenvalue weighted by molar-refractivity contribution is 0.285. The van der Waals surface area contributed by atoms with E-state index in [1.165, 1.54) is 5.01 Å². The Hall–Kier alpha value is -1.39. The maximum absolute atomic E-state index is 5.74. The third-order valence-electron chi connectivity index (χ3n) is 2.88. The smallest absolute Gasteiger partial charge is 0.119 e. The zero-order chi connectivity index (χ0) is 13.3. The third-order valence-corrected chi connectivity index (χ3v) is 3.68. The zero-order valence-corrected chi connectivity index (χ0v) is 12.0. The molecule has 1 N–H and O–H groups in total. The molecule has 3 nitrogen and oxygen atoms in total. The number of likely N-dealkylation sites (N-methyl/N-ethyl adjacent to an activating group) is 1. The largest absolute Gasteiger partial charge is 0.494 e. The van der Waals surface area contributed by atoms with Gasteiger partial charge in [-0.1, -0.05) is 25.1 Å². The van der Waals surface area contributed by atoms with E-state index in [2.05, 4.69) is 17.2 Å². The van der Waals surface area contributed by atoms with E-state index in [4.69, 9.17) is 4.74 Å². The lowest BCUT2D eigenvalue weighted by Crippen LogP contribution is -2.32. The number of hydrogen-bond donors (Lipinski definition) is 1. The monoisotopic (exact) mass is 276 g/mol. The van der Waals surface area contributed by atoms with Crippen molar-refractivity contribution in [2.24, 2.45) is 0 Å². The predicted octanol–water partition coefficient (Wildman–Crippen LogP) is 3.13. The van der Waals surface area contributed by atoms with E-state index in [1.54, 1.807) is 11.3 Å². The zero-order valence-electron chi connectivity index (χ0n) is 11.2. The summed E-state index contributed by atoms with van der Waals surface area (Å²) in [6, 6.07) is 10.4. The molecule has 1 unspecified atom stereocenters. The quantitative estimate of drug-likeness (QED) is 0.804. The SMILES string of the molecule is CCNC(CCOc1ccccc1)Cc1nccs1. The topological polar surface area (TPSA) is 34.1 Å². The van der Waals surface area contributed by atoms with Crippen LogP contribution in [0.15, 0.2) is 41.9 Å². The molecule has 0 aliphatic heterocycles. The summed E-state index contributed by atoms with van der Waals surface area (Å²) in [6.45, 7) is 3.83. The summed E-state index contributed by atoms with van der Waals surface area (Å²) in [6.07, 6.45) is 3.83. The molecule has 4 heteroatoms. The first kappa shape index (κ1) is 14.0. The summed E-state index contributed by atoms with van der Waals surface area (Å²) < 4.78 is 5.74. The fraction of sp³-hybridized carbons (Fsp3) is 0.400. The van der Waals surface area contributed by atoms with Crippen molar-refractivity contribution in [1.29, 1.82) is 0 Å². The molecule has 1 atom stereocenters. The Morgan fingerprint density at radius 3 is 2.84 bits per heavy atom. The van der Waals surface area contributed by atoms with E-state index in [0.29, 0.717) is 6.04 Å². The molecule has 0 spiro atoms. The van der Waals surface area contributed by atoms with Gasteiger partial charge in [-0.3, -0.25) is 0 Å². The standard InChI is InChI=1S/C15H20N2OS/c1-2-16-13(12-15-17-9-11-19-15)8-10-18-14-6-4-3-5-7-14/h3-7,9,11,13,16H,2,8,10,12H2,1H3. The molecule has 0 fully saturated rings. The summed E-state index contributed by atoms with van der Waals surface area (Å²) in [5.41, 5.74) is 0. The normalized spacial score (nSPS) is 12.3. The Labute approximate surface area is 118 Å². The number of nitrogens with zero attached hydrogens (tertiary/aromatic N) is 1. The number of aromatic nitrogens is 1. The summed E-state index contributed by atoms with van der Waals surface area (Å²) >= 11 is 1.72. The minimum Gasteiger partial charge on any atom is -0.494 e. The summed E-state index contributed by atoms with van der Waals surface area (Å²) in [5, 5.41) is 6.71. The molecule has 19 heavy (non-hydrogen) atoms. The van der Waals surface area contributed by atoms with Crippen molar-refractivity contribution in [3.8, 4) is 5.75 Å². The first-order valence-electron chi connectivity index (χ1n) is 6.68. The van der Waals surface area contributed by atoms with Gasteiger partial charge in [0.2, 0.25) is 0 Å². The van der Waals surface area contributed by atoms with Crippen molar-refractivity contribution >= 4 is 11.3 Å². The molecular formula is C15H20N2OS. The van der Waals surface area contributed by atoms with Crippen LogP contribution in [0.1, 0.15) is 18.4 Å². The first-order valence-corrected chi connectivity index (χ1v) is 7.56. The van der Waals surface area contributed by atoms with E-state index >= 15 is 0 Å². The van der Waals surface area contributed by atoms with Crippen LogP contribution in [0.2, 0.25) is 0 Å². The van der Waals surface area contributed by atoms with Gasteiger partial charge in [0.15, 0.2) is 0 Å². The van der Waals surface area contributed by atoms with E-state index in [9.17, 15) is 0 Å². The van der Waals surface area contributed by atoms with Crippen LogP contribution in [0.25, 0.3) is 0 Å². The molecule has 2 aromatic rings. The van der Waals surface area contributed by atoms with Gasteiger partial charge in [0.05, 0.1) is 11.6 Å². The molecule has 1 heterocycles. The summed E-state index contributed by atoms with van der Waals surface area (Å²) in [4.78, 5) is 4.34. The Bertz CT molecular complexity index is 444. The van der Waals surface area contributed by atoms with E-state index < -0.39 is 0 Å². The van der Waals surface area contributed by atoms with Crippen LogP contribution in [0.5, 0.6) is 5.75 Å². The summed E-state index contributed by atoms with van der Waals surface area (Å²) in [5.74, 6) is 0.937. The van der Waals surface area contributed by atoms with Crippen molar-refractivity contribution < 1.29 is 4.74 Å². The third kappa shape index (κ3) is 5.01. The van der Waals surface area contributed by atoms with Gasteiger partial charge in [-0.05, 0) is 25.1 Å². The highest BCUT2D eigenvalue weighted by Crippen LogP contribution is 2.12. The van der Waals surface area contributed by atoms with Gasteiger partial charge in [-0.15, -0.1) is 11.3 Å². The fourth-order valence-electron chi connectivity index (χ4n) is 1.97. The first-order chi connectivity index (χ1) is 9.38. The Kier molecular flexibility index (Phi) is 5.85. The molecule has 0 aliphatic carbocycles. The molecule has 2 rings (SSSR count). The van der Waals surface area contributed by atoms with Gasteiger partial charge in [-0.25, -0.2) is 4.98 Å². The lowest BCUT2D eigenvalue weighted by atomic mass is 10.1. The molecule has 0 amide bonds. The van der Waals surface area contributed by atoms with Crippen molar-refractivity contribution in [2.75, 3.05) is 13.2 Å². The molecule has 102 valence electrons. The van der Waals surface area contributed by atoms with E-state index in [0.717, 1.165) is 31.7 Å². The predicted molar refractivity (Wildman–Crippen MR) is 79.8 cm³/mol. The van der Waals surface area contributed by atoms with Crippen LogP contribution in [0, 0.1) is 0 Å². The van der Waals surface area contributed by atoms with Crippen LogP contribution in [0.3, 0.4) is 0 Å². The van der Waals surface area contributed by atoms with Crippen LogP contribution in [0.4, 0.5) is 0 Å².